The fraction of sp³-hybridized carbons (Fsp3) is 0.462. The van der Waals surface area contributed by atoms with Crippen LogP contribution in [0.15, 0.2) is 12.4 Å². The van der Waals surface area contributed by atoms with Gasteiger partial charge in [-0.15, -0.1) is 11.3 Å². The van der Waals surface area contributed by atoms with Gasteiger partial charge in [-0.25, -0.2) is 23.2 Å². The minimum Gasteiger partial charge on any atom is -0.477 e. The van der Waals surface area contributed by atoms with E-state index in [0.717, 1.165) is 24.2 Å². The molecular weight excluding hydrogens is 326 g/mol. The fourth-order valence-electron chi connectivity index (χ4n) is 2.48. The van der Waals surface area contributed by atoms with E-state index in [1.807, 2.05) is 0 Å². The predicted molar refractivity (Wildman–Crippen MR) is 84.2 cm³/mol. The van der Waals surface area contributed by atoms with Crippen molar-refractivity contribution in [1.82, 2.24) is 9.97 Å². The maximum absolute atomic E-state index is 11.5. The van der Waals surface area contributed by atoms with Gasteiger partial charge in [0.1, 0.15) is 31.7 Å². The third kappa shape index (κ3) is 3.20. The molecule has 1 saturated carbocycles. The standard InChI is InChI=1S/C13H15N3O4S2/c1-22(19,20)6-13(2-3-13)5-14-10-8-4-9(12(17)18)21-11(8)16-7-15-10/h4,7H,2-3,5-6H2,1H3,(H,17,18)(H,14,15,16). The molecule has 2 heterocycles. The maximum atomic E-state index is 11.5. The minimum absolute atomic E-state index is 0.158. The number of carboxylic acids is 1. The van der Waals surface area contributed by atoms with Crippen molar-refractivity contribution >= 4 is 43.2 Å². The molecule has 1 aliphatic carbocycles. The first-order valence-corrected chi connectivity index (χ1v) is 9.55. The van der Waals surface area contributed by atoms with Gasteiger partial charge in [0.05, 0.1) is 11.1 Å². The molecule has 0 aromatic carbocycles. The van der Waals surface area contributed by atoms with Gasteiger partial charge >= 0.3 is 5.97 Å². The van der Waals surface area contributed by atoms with Crippen LogP contribution >= 0.6 is 11.3 Å². The van der Waals surface area contributed by atoms with E-state index in [4.69, 9.17) is 5.11 Å². The van der Waals surface area contributed by atoms with Crippen molar-refractivity contribution in [3.63, 3.8) is 0 Å². The second-order valence-corrected chi connectivity index (χ2v) is 8.95. The van der Waals surface area contributed by atoms with Gasteiger partial charge in [-0.1, -0.05) is 0 Å². The molecule has 0 aliphatic heterocycles. The second kappa shape index (κ2) is 5.17. The molecular formula is C13H15N3O4S2. The Morgan fingerprint density at radius 3 is 2.77 bits per heavy atom. The van der Waals surface area contributed by atoms with Crippen LogP contribution in [0.2, 0.25) is 0 Å². The summed E-state index contributed by atoms with van der Waals surface area (Å²) in [6.45, 7) is 0.504. The van der Waals surface area contributed by atoms with E-state index in [2.05, 4.69) is 15.3 Å². The smallest absolute Gasteiger partial charge is 0.345 e. The third-order valence-electron chi connectivity index (χ3n) is 3.70. The average Bonchev–Trinajstić information content (AvgIpc) is 3.00. The number of aromatic carboxylic acids is 1. The second-order valence-electron chi connectivity index (χ2n) is 5.78. The van der Waals surface area contributed by atoms with Crippen molar-refractivity contribution in [3.05, 3.63) is 17.3 Å². The number of thiophene rings is 1. The van der Waals surface area contributed by atoms with Crippen LogP contribution in [0.25, 0.3) is 10.2 Å². The van der Waals surface area contributed by atoms with Gasteiger partial charge in [-0.05, 0) is 18.9 Å². The SMILES string of the molecule is CS(=O)(=O)CC1(CNc2ncnc3sc(C(=O)O)cc23)CC1. The highest BCUT2D eigenvalue weighted by Gasteiger charge is 2.45. The summed E-state index contributed by atoms with van der Waals surface area (Å²) < 4.78 is 22.9. The molecule has 0 atom stereocenters. The third-order valence-corrected chi connectivity index (χ3v) is 5.86. The largest absolute Gasteiger partial charge is 0.477 e. The van der Waals surface area contributed by atoms with Gasteiger partial charge in [0.2, 0.25) is 0 Å². The van der Waals surface area contributed by atoms with E-state index < -0.39 is 15.8 Å². The Labute approximate surface area is 131 Å². The number of nitrogens with zero attached hydrogens (tertiary/aromatic N) is 2. The monoisotopic (exact) mass is 341 g/mol. The summed E-state index contributed by atoms with van der Waals surface area (Å²) in [6, 6.07) is 1.54. The highest BCUT2D eigenvalue weighted by molar-refractivity contribution is 7.90. The molecule has 2 aromatic heterocycles. The molecule has 7 nitrogen and oxygen atoms in total. The number of nitrogens with one attached hydrogen (secondary N) is 1. The lowest BCUT2D eigenvalue weighted by atomic mass is 10.1. The van der Waals surface area contributed by atoms with E-state index in [0.29, 0.717) is 22.6 Å². The van der Waals surface area contributed by atoms with Crippen LogP contribution in [-0.4, -0.2) is 48.0 Å². The first-order valence-electron chi connectivity index (χ1n) is 6.67. The van der Waals surface area contributed by atoms with Crippen molar-refractivity contribution in [2.75, 3.05) is 23.9 Å². The first kappa shape index (κ1) is 15.2. The van der Waals surface area contributed by atoms with Gasteiger partial charge in [0.25, 0.3) is 0 Å². The molecule has 0 saturated heterocycles. The van der Waals surface area contributed by atoms with Gasteiger partial charge in [-0.2, -0.15) is 0 Å². The Morgan fingerprint density at radius 2 is 2.18 bits per heavy atom. The number of rotatable bonds is 6. The fourth-order valence-corrected chi connectivity index (χ4v) is 4.82. The van der Waals surface area contributed by atoms with E-state index in [9.17, 15) is 13.2 Å². The van der Waals surface area contributed by atoms with E-state index in [1.54, 1.807) is 6.07 Å². The van der Waals surface area contributed by atoms with E-state index in [-0.39, 0.29) is 16.0 Å². The zero-order valence-electron chi connectivity index (χ0n) is 11.9. The van der Waals surface area contributed by atoms with Crippen LogP contribution in [0, 0.1) is 5.41 Å². The van der Waals surface area contributed by atoms with Crippen LogP contribution in [0.3, 0.4) is 0 Å². The van der Waals surface area contributed by atoms with Crippen LogP contribution < -0.4 is 5.32 Å². The van der Waals surface area contributed by atoms with E-state index in [1.165, 1.54) is 12.6 Å². The number of sulfone groups is 1. The van der Waals surface area contributed by atoms with Crippen LogP contribution in [-0.2, 0) is 9.84 Å². The molecule has 3 rings (SSSR count). The maximum Gasteiger partial charge on any atom is 0.345 e. The van der Waals surface area contributed by atoms with Crippen LogP contribution in [0.4, 0.5) is 5.82 Å². The topological polar surface area (TPSA) is 109 Å². The summed E-state index contributed by atoms with van der Waals surface area (Å²) in [5, 5.41) is 12.9. The van der Waals surface area contributed by atoms with Crippen molar-refractivity contribution in [2.24, 2.45) is 5.41 Å². The molecule has 0 amide bonds. The van der Waals surface area contributed by atoms with Crippen molar-refractivity contribution in [3.8, 4) is 0 Å². The van der Waals surface area contributed by atoms with Gasteiger partial charge in [0, 0.05) is 18.2 Å². The number of carboxylic acid groups (broad SMARTS) is 1. The number of hydrogen-bond acceptors (Lipinski definition) is 7. The summed E-state index contributed by atoms with van der Waals surface area (Å²) in [5.74, 6) is -0.288. The number of anilines is 1. The van der Waals surface area contributed by atoms with Crippen LogP contribution in [0.1, 0.15) is 22.5 Å². The summed E-state index contributed by atoms with van der Waals surface area (Å²) >= 11 is 1.09. The summed E-state index contributed by atoms with van der Waals surface area (Å²) in [6.07, 6.45) is 4.35. The molecule has 0 spiro atoms. The van der Waals surface area contributed by atoms with Crippen molar-refractivity contribution in [1.29, 1.82) is 0 Å². The number of fused-ring (bicyclic) bond motifs is 1. The van der Waals surface area contributed by atoms with Gasteiger partial charge in [-0.3, -0.25) is 0 Å². The average molecular weight is 341 g/mol. The number of hydrogen-bond donors (Lipinski definition) is 2. The first-order chi connectivity index (χ1) is 10.3. The molecule has 0 radical (unpaired) electrons. The lowest BCUT2D eigenvalue weighted by molar-refractivity contribution is 0.0702. The number of carbonyl (C=O) groups is 1. The van der Waals surface area contributed by atoms with Crippen molar-refractivity contribution in [2.45, 2.75) is 12.8 Å². The Hall–Kier alpha value is -1.74. The van der Waals surface area contributed by atoms with E-state index >= 15 is 0 Å². The van der Waals surface area contributed by atoms with Crippen molar-refractivity contribution < 1.29 is 18.3 Å². The summed E-state index contributed by atoms with van der Waals surface area (Å²) in [5.41, 5.74) is -0.226. The molecule has 2 N–H and O–H groups in total. The van der Waals surface area contributed by atoms with Gasteiger partial charge in [0.15, 0.2) is 0 Å². The molecule has 2 aromatic rings. The molecule has 0 bridgehead atoms. The predicted octanol–water partition coefficient (Wildman–Crippen LogP) is 1.63. The van der Waals surface area contributed by atoms with Crippen LogP contribution in [0.5, 0.6) is 0 Å². The molecule has 0 unspecified atom stereocenters. The molecule has 1 aliphatic rings. The Morgan fingerprint density at radius 1 is 1.45 bits per heavy atom. The lowest BCUT2D eigenvalue weighted by Gasteiger charge is -2.15. The molecule has 1 fully saturated rings. The molecule has 9 heteroatoms. The Bertz CT molecular complexity index is 840. The normalized spacial score (nSPS) is 16.6. The minimum atomic E-state index is -3.02. The highest BCUT2D eigenvalue weighted by atomic mass is 32.2. The molecule has 22 heavy (non-hydrogen) atoms. The molecule has 118 valence electrons. The Kier molecular flexibility index (Phi) is 3.56. The van der Waals surface area contributed by atoms with Gasteiger partial charge < -0.3 is 10.4 Å². The zero-order chi connectivity index (χ0) is 16.0. The summed E-state index contributed by atoms with van der Waals surface area (Å²) in [4.78, 5) is 20.1. The zero-order valence-corrected chi connectivity index (χ0v) is 13.5. The lowest BCUT2D eigenvalue weighted by Crippen LogP contribution is -2.24. The highest BCUT2D eigenvalue weighted by Crippen LogP contribution is 2.46. The Balaban J connectivity index is 1.81. The number of aromatic nitrogens is 2. The summed E-state index contributed by atoms with van der Waals surface area (Å²) in [7, 11) is -3.02. The quantitative estimate of drug-likeness (QED) is 0.821.